The summed E-state index contributed by atoms with van der Waals surface area (Å²) in [6.45, 7) is 1.24. The average molecular weight is 278 g/mol. The molecule has 1 heterocycles. The van der Waals surface area contributed by atoms with Crippen molar-refractivity contribution in [2.24, 2.45) is 5.92 Å². The summed E-state index contributed by atoms with van der Waals surface area (Å²) in [5, 5.41) is 19.5. The van der Waals surface area contributed by atoms with Gasteiger partial charge in [-0.15, -0.1) is 0 Å². The van der Waals surface area contributed by atoms with Crippen molar-refractivity contribution in [1.82, 2.24) is 9.88 Å². The highest BCUT2D eigenvalue weighted by atomic mass is 16.4. The predicted octanol–water partition coefficient (Wildman–Crippen LogP) is 1.52. The zero-order valence-corrected chi connectivity index (χ0v) is 11.8. The molecule has 0 unspecified atom stereocenters. The summed E-state index contributed by atoms with van der Waals surface area (Å²) in [5.41, 5.74) is 0.202. The van der Waals surface area contributed by atoms with Crippen LogP contribution in [0.5, 0.6) is 0 Å². The van der Waals surface area contributed by atoms with E-state index >= 15 is 0 Å². The lowest BCUT2D eigenvalue weighted by atomic mass is 9.78. The normalized spacial score (nSPS) is 26.6. The number of aliphatic hydroxyl groups is 1. The molecule has 0 amide bonds. The second-order valence-electron chi connectivity index (χ2n) is 5.83. The first-order chi connectivity index (χ1) is 9.48. The summed E-state index contributed by atoms with van der Waals surface area (Å²) in [6.07, 6.45) is 3.98. The number of aliphatic carboxylic acids is 1. The van der Waals surface area contributed by atoms with Gasteiger partial charge in [0.25, 0.3) is 0 Å². The van der Waals surface area contributed by atoms with Crippen LogP contribution in [0, 0.1) is 5.92 Å². The minimum Gasteiger partial charge on any atom is -0.481 e. The van der Waals surface area contributed by atoms with E-state index in [9.17, 15) is 9.90 Å². The molecule has 110 valence electrons. The zero-order chi connectivity index (χ0) is 14.6. The van der Waals surface area contributed by atoms with Gasteiger partial charge in [0.1, 0.15) is 0 Å². The van der Waals surface area contributed by atoms with Gasteiger partial charge in [0.15, 0.2) is 0 Å². The third kappa shape index (κ3) is 4.02. The van der Waals surface area contributed by atoms with Gasteiger partial charge in [-0.25, -0.2) is 0 Å². The fourth-order valence-corrected chi connectivity index (χ4v) is 2.89. The van der Waals surface area contributed by atoms with Crippen molar-refractivity contribution >= 4 is 5.97 Å². The molecule has 0 aromatic carbocycles. The fraction of sp³-hybridized carbons (Fsp3) is 0.600. The second kappa shape index (κ2) is 6.33. The highest BCUT2D eigenvalue weighted by Crippen LogP contribution is 2.32. The van der Waals surface area contributed by atoms with Gasteiger partial charge in [-0.2, -0.15) is 0 Å². The molecule has 1 aliphatic carbocycles. The Labute approximate surface area is 119 Å². The zero-order valence-electron chi connectivity index (χ0n) is 11.8. The maximum Gasteiger partial charge on any atom is 0.306 e. The van der Waals surface area contributed by atoms with Crippen molar-refractivity contribution in [3.63, 3.8) is 0 Å². The number of nitrogens with zero attached hydrogens (tertiary/aromatic N) is 2. The Morgan fingerprint density at radius 2 is 2.15 bits per heavy atom. The van der Waals surface area contributed by atoms with Crippen LogP contribution in [0.4, 0.5) is 0 Å². The Bertz CT molecular complexity index is 442. The van der Waals surface area contributed by atoms with Crippen LogP contribution in [0.1, 0.15) is 31.4 Å². The maximum atomic E-state index is 10.9. The molecule has 0 atom stereocenters. The molecule has 5 nitrogen and oxygen atoms in total. The van der Waals surface area contributed by atoms with E-state index in [0.29, 0.717) is 38.8 Å². The van der Waals surface area contributed by atoms with Crippen LogP contribution in [0.2, 0.25) is 0 Å². The third-order valence-corrected chi connectivity index (χ3v) is 3.99. The van der Waals surface area contributed by atoms with E-state index < -0.39 is 11.6 Å². The van der Waals surface area contributed by atoms with Crippen LogP contribution in [-0.2, 0) is 11.3 Å². The van der Waals surface area contributed by atoms with E-state index in [1.54, 1.807) is 6.20 Å². The molecule has 1 aliphatic rings. The molecule has 1 aromatic rings. The van der Waals surface area contributed by atoms with E-state index in [1.165, 1.54) is 0 Å². The van der Waals surface area contributed by atoms with Crippen molar-refractivity contribution in [2.45, 2.75) is 37.8 Å². The Morgan fingerprint density at radius 1 is 1.45 bits per heavy atom. The van der Waals surface area contributed by atoms with Crippen LogP contribution in [0.3, 0.4) is 0 Å². The highest BCUT2D eigenvalue weighted by molar-refractivity contribution is 5.70. The van der Waals surface area contributed by atoms with Gasteiger partial charge in [-0.1, -0.05) is 6.07 Å². The molecule has 20 heavy (non-hydrogen) atoms. The molecular weight excluding hydrogens is 256 g/mol. The number of likely N-dealkylation sites (N-methyl/N-ethyl adjacent to an activating group) is 1. The van der Waals surface area contributed by atoms with Gasteiger partial charge in [-0.05, 0) is 44.9 Å². The molecule has 2 N–H and O–H groups in total. The molecule has 2 rings (SSSR count). The number of pyridine rings is 1. The lowest BCUT2D eigenvalue weighted by Crippen LogP contribution is -2.44. The summed E-state index contributed by atoms with van der Waals surface area (Å²) in [7, 11) is 1.95. The first kappa shape index (κ1) is 14.9. The van der Waals surface area contributed by atoms with E-state index in [-0.39, 0.29) is 5.92 Å². The monoisotopic (exact) mass is 278 g/mol. The molecule has 0 radical (unpaired) electrons. The van der Waals surface area contributed by atoms with Crippen molar-refractivity contribution in [1.29, 1.82) is 0 Å². The Hall–Kier alpha value is -1.46. The third-order valence-electron chi connectivity index (χ3n) is 3.99. The van der Waals surface area contributed by atoms with Crippen LogP contribution < -0.4 is 0 Å². The standard InChI is InChI=1S/C15H22N2O3/c1-17(10-13-4-2-3-9-16-13)11-15(20)7-5-12(6-8-15)14(18)19/h2-4,9,12,20H,5-8,10-11H2,1H3,(H,18,19). The molecule has 1 aromatic heterocycles. The minimum atomic E-state index is -0.768. The Morgan fingerprint density at radius 3 is 2.70 bits per heavy atom. The number of carboxylic acids is 1. The van der Waals surface area contributed by atoms with Gasteiger partial charge in [0.2, 0.25) is 0 Å². The Kier molecular flexibility index (Phi) is 4.73. The summed E-state index contributed by atoms with van der Waals surface area (Å²) in [4.78, 5) is 17.2. The number of carbonyl (C=O) groups is 1. The van der Waals surface area contributed by atoms with Crippen molar-refractivity contribution in [3.05, 3.63) is 30.1 Å². The maximum absolute atomic E-state index is 10.9. The predicted molar refractivity (Wildman–Crippen MR) is 75.1 cm³/mol. The van der Waals surface area contributed by atoms with Crippen molar-refractivity contribution in [2.75, 3.05) is 13.6 Å². The van der Waals surface area contributed by atoms with Crippen LogP contribution in [0.25, 0.3) is 0 Å². The molecule has 0 aliphatic heterocycles. The number of rotatable bonds is 5. The largest absolute Gasteiger partial charge is 0.481 e. The fourth-order valence-electron chi connectivity index (χ4n) is 2.89. The molecule has 5 heteroatoms. The van der Waals surface area contributed by atoms with E-state index in [1.807, 2.05) is 30.1 Å². The van der Waals surface area contributed by atoms with Gasteiger partial charge >= 0.3 is 5.97 Å². The minimum absolute atomic E-state index is 0.295. The van der Waals surface area contributed by atoms with Crippen LogP contribution in [0.15, 0.2) is 24.4 Å². The quantitative estimate of drug-likeness (QED) is 0.854. The first-order valence-electron chi connectivity index (χ1n) is 7.02. The summed E-state index contributed by atoms with van der Waals surface area (Å²) in [5.74, 6) is -1.04. The van der Waals surface area contributed by atoms with E-state index in [4.69, 9.17) is 5.11 Å². The van der Waals surface area contributed by atoms with Gasteiger partial charge in [-0.3, -0.25) is 14.7 Å². The summed E-state index contributed by atoms with van der Waals surface area (Å²) in [6, 6.07) is 5.79. The lowest BCUT2D eigenvalue weighted by molar-refractivity contribution is -0.145. The van der Waals surface area contributed by atoms with Gasteiger partial charge in [0, 0.05) is 19.3 Å². The number of hydrogen-bond donors (Lipinski definition) is 2. The molecule has 0 bridgehead atoms. The lowest BCUT2D eigenvalue weighted by Gasteiger charge is -2.37. The average Bonchev–Trinajstić information content (AvgIpc) is 2.39. The van der Waals surface area contributed by atoms with Gasteiger partial charge in [0.05, 0.1) is 17.2 Å². The summed E-state index contributed by atoms with van der Waals surface area (Å²) >= 11 is 0. The van der Waals surface area contributed by atoms with Gasteiger partial charge < -0.3 is 10.2 Å². The molecular formula is C15H22N2O3. The highest BCUT2D eigenvalue weighted by Gasteiger charge is 2.36. The smallest absolute Gasteiger partial charge is 0.306 e. The topological polar surface area (TPSA) is 73.7 Å². The molecule has 0 saturated heterocycles. The molecule has 0 spiro atoms. The van der Waals surface area contributed by atoms with Crippen molar-refractivity contribution < 1.29 is 15.0 Å². The first-order valence-corrected chi connectivity index (χ1v) is 7.02. The van der Waals surface area contributed by atoms with E-state index in [2.05, 4.69) is 4.98 Å². The number of carboxylic acid groups (broad SMARTS) is 1. The van der Waals surface area contributed by atoms with Crippen LogP contribution in [-0.4, -0.2) is 45.3 Å². The number of hydrogen-bond acceptors (Lipinski definition) is 4. The SMILES string of the molecule is CN(Cc1ccccn1)CC1(O)CCC(C(=O)O)CC1. The summed E-state index contributed by atoms with van der Waals surface area (Å²) < 4.78 is 0. The van der Waals surface area contributed by atoms with Crippen LogP contribution >= 0.6 is 0 Å². The van der Waals surface area contributed by atoms with E-state index in [0.717, 1.165) is 5.69 Å². The number of aromatic nitrogens is 1. The Balaban J connectivity index is 1.85. The molecule has 1 saturated carbocycles. The second-order valence-corrected chi connectivity index (χ2v) is 5.83. The van der Waals surface area contributed by atoms with Crippen molar-refractivity contribution in [3.8, 4) is 0 Å². The molecule has 1 fully saturated rings.